The zero-order valence-corrected chi connectivity index (χ0v) is 22.0. The number of esters is 1. The Kier molecular flexibility index (Phi) is 7.58. The second kappa shape index (κ2) is 11.0. The summed E-state index contributed by atoms with van der Waals surface area (Å²) >= 11 is 0. The van der Waals surface area contributed by atoms with Gasteiger partial charge in [0.1, 0.15) is 23.5 Å². The van der Waals surface area contributed by atoms with Gasteiger partial charge in [-0.2, -0.15) is 0 Å². The van der Waals surface area contributed by atoms with Gasteiger partial charge in [-0.05, 0) is 62.1 Å². The van der Waals surface area contributed by atoms with E-state index >= 15 is 0 Å². The summed E-state index contributed by atoms with van der Waals surface area (Å²) in [5.41, 5.74) is 1.17. The van der Waals surface area contributed by atoms with Crippen LogP contribution in [0.1, 0.15) is 55.4 Å². The molecule has 2 saturated heterocycles. The Bertz CT molecular complexity index is 1230. The van der Waals surface area contributed by atoms with Crippen LogP contribution in [0.25, 0.3) is 10.9 Å². The van der Waals surface area contributed by atoms with Crippen LogP contribution in [0.15, 0.2) is 24.3 Å². The predicted octanol–water partition coefficient (Wildman–Crippen LogP) is 2.38. The number of likely N-dealkylation sites (tertiary alicyclic amines) is 1. The third-order valence-electron chi connectivity index (χ3n) is 8.47. The van der Waals surface area contributed by atoms with Crippen LogP contribution in [0.4, 0.5) is 0 Å². The van der Waals surface area contributed by atoms with E-state index in [0.717, 1.165) is 43.0 Å². The maximum absolute atomic E-state index is 13.8. The molecule has 38 heavy (non-hydrogen) atoms. The SMILES string of the molecule is COC(=O)C(CC1CCCNC1=O)NC(=O)[C@@H]1[C@H]2CCCC[C@H]2CN1C(=O)c1cc2c(OC)cccc2[nH]1. The minimum Gasteiger partial charge on any atom is -0.496 e. The molecule has 2 unspecified atom stereocenters. The van der Waals surface area contributed by atoms with Crippen molar-refractivity contribution < 1.29 is 28.7 Å². The molecule has 0 bridgehead atoms. The Morgan fingerprint density at radius 3 is 2.71 bits per heavy atom. The number of benzene rings is 1. The molecule has 0 spiro atoms. The van der Waals surface area contributed by atoms with Gasteiger partial charge in [-0.25, -0.2) is 4.79 Å². The van der Waals surface area contributed by atoms with Gasteiger partial charge in [-0.3, -0.25) is 14.4 Å². The van der Waals surface area contributed by atoms with E-state index < -0.39 is 18.1 Å². The number of aromatic nitrogens is 1. The van der Waals surface area contributed by atoms with Gasteiger partial charge in [0.05, 0.1) is 14.2 Å². The first-order chi connectivity index (χ1) is 18.4. The van der Waals surface area contributed by atoms with Crippen molar-refractivity contribution >= 4 is 34.6 Å². The smallest absolute Gasteiger partial charge is 0.328 e. The molecule has 5 atom stereocenters. The van der Waals surface area contributed by atoms with Crippen molar-refractivity contribution in [2.75, 3.05) is 27.3 Å². The number of hydrogen-bond donors (Lipinski definition) is 3. The summed E-state index contributed by atoms with van der Waals surface area (Å²) < 4.78 is 10.4. The molecule has 2 aliphatic heterocycles. The largest absolute Gasteiger partial charge is 0.496 e. The monoisotopic (exact) mass is 524 g/mol. The molecule has 1 aromatic carbocycles. The lowest BCUT2D eigenvalue weighted by molar-refractivity contribution is -0.146. The highest BCUT2D eigenvalue weighted by atomic mass is 16.5. The Labute approximate surface area is 221 Å². The number of nitrogens with one attached hydrogen (secondary N) is 3. The fourth-order valence-electron chi connectivity index (χ4n) is 6.55. The molecule has 3 N–H and O–H groups in total. The van der Waals surface area contributed by atoms with Crippen LogP contribution in [-0.4, -0.2) is 73.0 Å². The Balaban J connectivity index is 1.40. The fraction of sp³-hybridized carbons (Fsp3) is 0.571. The molecule has 1 aromatic heterocycles. The molecule has 3 fully saturated rings. The first-order valence-corrected chi connectivity index (χ1v) is 13.5. The average Bonchev–Trinajstić information content (AvgIpc) is 3.55. The third-order valence-corrected chi connectivity index (χ3v) is 8.47. The number of carbonyl (C=O) groups excluding carboxylic acids is 4. The maximum atomic E-state index is 13.8. The van der Waals surface area contributed by atoms with Gasteiger partial charge in [0.15, 0.2) is 0 Å². The molecule has 1 aliphatic carbocycles. The third kappa shape index (κ3) is 4.96. The summed E-state index contributed by atoms with van der Waals surface area (Å²) in [6.07, 6.45) is 5.52. The minimum absolute atomic E-state index is 0.0166. The summed E-state index contributed by atoms with van der Waals surface area (Å²) in [4.78, 5) is 57.5. The number of fused-ring (bicyclic) bond motifs is 2. The lowest BCUT2D eigenvalue weighted by atomic mass is 9.78. The summed E-state index contributed by atoms with van der Waals surface area (Å²) in [6.45, 7) is 1.11. The highest BCUT2D eigenvalue weighted by Crippen LogP contribution is 2.41. The van der Waals surface area contributed by atoms with Crippen LogP contribution in [0.5, 0.6) is 5.75 Å². The number of carbonyl (C=O) groups is 4. The highest BCUT2D eigenvalue weighted by Gasteiger charge is 2.49. The van der Waals surface area contributed by atoms with Crippen molar-refractivity contribution in [1.82, 2.24) is 20.5 Å². The van der Waals surface area contributed by atoms with Crippen LogP contribution < -0.4 is 15.4 Å². The number of ether oxygens (including phenoxy) is 2. The second-order valence-corrected chi connectivity index (χ2v) is 10.7. The van der Waals surface area contributed by atoms with E-state index in [1.807, 2.05) is 18.2 Å². The number of rotatable bonds is 7. The van der Waals surface area contributed by atoms with Crippen LogP contribution in [0, 0.1) is 17.8 Å². The molecule has 10 nitrogen and oxygen atoms in total. The van der Waals surface area contributed by atoms with Gasteiger partial charge in [0, 0.05) is 29.9 Å². The quantitative estimate of drug-likeness (QED) is 0.477. The summed E-state index contributed by atoms with van der Waals surface area (Å²) in [7, 11) is 2.86. The molecule has 3 amide bonds. The van der Waals surface area contributed by atoms with E-state index in [4.69, 9.17) is 9.47 Å². The van der Waals surface area contributed by atoms with Gasteiger partial charge < -0.3 is 30.0 Å². The number of aromatic amines is 1. The molecule has 3 heterocycles. The van der Waals surface area contributed by atoms with E-state index in [1.54, 1.807) is 18.1 Å². The average molecular weight is 525 g/mol. The number of nitrogens with zero attached hydrogens (tertiary/aromatic N) is 1. The zero-order chi connectivity index (χ0) is 26.8. The first-order valence-electron chi connectivity index (χ1n) is 13.5. The fourth-order valence-corrected chi connectivity index (χ4v) is 6.55. The lowest BCUT2D eigenvalue weighted by Gasteiger charge is -2.31. The Hall–Kier alpha value is -3.56. The zero-order valence-electron chi connectivity index (χ0n) is 22.0. The summed E-state index contributed by atoms with van der Waals surface area (Å²) in [5, 5.41) is 6.50. The van der Waals surface area contributed by atoms with E-state index in [9.17, 15) is 19.2 Å². The van der Waals surface area contributed by atoms with Crippen molar-refractivity contribution in [3.05, 3.63) is 30.0 Å². The highest BCUT2D eigenvalue weighted by molar-refractivity contribution is 6.02. The number of amides is 3. The molecule has 204 valence electrons. The molecule has 1 saturated carbocycles. The standard InChI is InChI=1S/C28H36N4O6/c1-37-23-11-5-10-20-19(23)14-21(30-20)27(35)32-15-17-7-3-4-9-18(17)24(32)26(34)31-22(28(36)38-2)13-16-8-6-12-29-25(16)33/h5,10-11,14,16-18,22,24,30H,3-4,6-9,12-13,15H2,1-2H3,(H,29,33)(H,31,34)/t16?,17-,18-,22?,24-/m0/s1. The number of hydrogen-bond acceptors (Lipinski definition) is 6. The predicted molar refractivity (Wildman–Crippen MR) is 139 cm³/mol. The van der Waals surface area contributed by atoms with Gasteiger partial charge in [-0.1, -0.05) is 18.9 Å². The van der Waals surface area contributed by atoms with Gasteiger partial charge in [-0.15, -0.1) is 0 Å². The van der Waals surface area contributed by atoms with Gasteiger partial charge >= 0.3 is 5.97 Å². The molecular weight excluding hydrogens is 488 g/mol. The van der Waals surface area contributed by atoms with E-state index in [2.05, 4.69) is 15.6 Å². The van der Waals surface area contributed by atoms with Crippen LogP contribution in [0.3, 0.4) is 0 Å². The molecule has 2 aromatic rings. The van der Waals surface area contributed by atoms with E-state index in [-0.39, 0.29) is 41.9 Å². The topological polar surface area (TPSA) is 130 Å². The normalized spacial score (nSPS) is 25.8. The van der Waals surface area contributed by atoms with Crippen molar-refractivity contribution in [1.29, 1.82) is 0 Å². The molecule has 10 heteroatoms. The number of piperidine rings is 1. The molecule has 0 radical (unpaired) electrons. The molecular formula is C28H36N4O6. The van der Waals surface area contributed by atoms with Crippen LogP contribution in [0.2, 0.25) is 0 Å². The minimum atomic E-state index is -0.960. The van der Waals surface area contributed by atoms with Crippen molar-refractivity contribution in [2.24, 2.45) is 17.8 Å². The Morgan fingerprint density at radius 2 is 1.95 bits per heavy atom. The van der Waals surface area contributed by atoms with Crippen molar-refractivity contribution in [2.45, 2.75) is 57.0 Å². The second-order valence-electron chi connectivity index (χ2n) is 10.7. The summed E-state index contributed by atoms with van der Waals surface area (Å²) in [5.74, 6) is -0.791. The number of methoxy groups -OCH3 is 2. The van der Waals surface area contributed by atoms with Gasteiger partial charge in [0.2, 0.25) is 11.8 Å². The summed E-state index contributed by atoms with van der Waals surface area (Å²) in [6, 6.07) is 5.68. The Morgan fingerprint density at radius 1 is 1.13 bits per heavy atom. The van der Waals surface area contributed by atoms with Crippen LogP contribution in [-0.2, 0) is 19.1 Å². The first kappa shape index (κ1) is 26.1. The molecule has 5 rings (SSSR count). The van der Waals surface area contributed by atoms with Crippen molar-refractivity contribution in [3.8, 4) is 5.75 Å². The maximum Gasteiger partial charge on any atom is 0.328 e. The van der Waals surface area contributed by atoms with E-state index in [0.29, 0.717) is 31.0 Å². The van der Waals surface area contributed by atoms with Crippen LogP contribution >= 0.6 is 0 Å². The molecule has 3 aliphatic rings. The van der Waals surface area contributed by atoms with Gasteiger partial charge in [0.25, 0.3) is 5.91 Å². The number of H-pyrrole nitrogens is 1. The van der Waals surface area contributed by atoms with Crippen molar-refractivity contribution in [3.63, 3.8) is 0 Å². The van der Waals surface area contributed by atoms with E-state index in [1.165, 1.54) is 7.11 Å². The lowest BCUT2D eigenvalue weighted by Crippen LogP contribution is -2.54.